The van der Waals surface area contributed by atoms with Crippen LogP contribution in [0.15, 0.2) is 0 Å². The number of nitrogens with one attached hydrogen (secondary N) is 1. The fourth-order valence-electron chi connectivity index (χ4n) is 2.63. The fourth-order valence-corrected chi connectivity index (χ4v) is 3.33. The Morgan fingerprint density at radius 3 is 2.86 bits per heavy atom. The van der Waals surface area contributed by atoms with E-state index in [9.17, 15) is 0 Å². The SMILES string of the molecule is CCc1nsc(NC2C3CCCC32)n1. The molecule has 4 heteroatoms. The third-order valence-electron chi connectivity index (χ3n) is 3.48. The number of nitrogens with zero attached hydrogens (tertiary/aromatic N) is 2. The summed E-state index contributed by atoms with van der Waals surface area (Å²) in [7, 11) is 0. The predicted molar refractivity (Wildman–Crippen MR) is 57.5 cm³/mol. The molecule has 2 atom stereocenters. The van der Waals surface area contributed by atoms with Crippen molar-refractivity contribution in [3.63, 3.8) is 0 Å². The highest BCUT2D eigenvalue weighted by Gasteiger charge is 2.52. The largest absolute Gasteiger partial charge is 0.357 e. The van der Waals surface area contributed by atoms with Crippen LogP contribution in [0.25, 0.3) is 0 Å². The summed E-state index contributed by atoms with van der Waals surface area (Å²) in [5, 5.41) is 4.55. The summed E-state index contributed by atoms with van der Waals surface area (Å²) in [5.41, 5.74) is 0. The summed E-state index contributed by atoms with van der Waals surface area (Å²) < 4.78 is 4.28. The van der Waals surface area contributed by atoms with Crippen molar-refractivity contribution < 1.29 is 0 Å². The zero-order valence-electron chi connectivity index (χ0n) is 8.36. The molecule has 0 bridgehead atoms. The van der Waals surface area contributed by atoms with Gasteiger partial charge in [0.25, 0.3) is 0 Å². The Morgan fingerprint density at radius 1 is 1.43 bits per heavy atom. The first kappa shape index (κ1) is 8.65. The molecule has 14 heavy (non-hydrogen) atoms. The van der Waals surface area contributed by atoms with Gasteiger partial charge in [-0.1, -0.05) is 13.3 Å². The van der Waals surface area contributed by atoms with E-state index in [1.54, 1.807) is 0 Å². The van der Waals surface area contributed by atoms with Gasteiger partial charge in [-0.3, -0.25) is 0 Å². The molecule has 0 saturated heterocycles. The number of aromatic nitrogens is 2. The molecule has 2 aliphatic rings. The lowest BCUT2D eigenvalue weighted by Gasteiger charge is -2.02. The van der Waals surface area contributed by atoms with Crippen LogP contribution in [0.2, 0.25) is 0 Å². The number of aryl methyl sites for hydroxylation is 1. The fraction of sp³-hybridized carbons (Fsp3) is 0.800. The molecule has 0 amide bonds. The van der Waals surface area contributed by atoms with Crippen LogP contribution >= 0.6 is 11.5 Å². The number of hydrogen-bond acceptors (Lipinski definition) is 4. The minimum absolute atomic E-state index is 0.724. The summed E-state index contributed by atoms with van der Waals surface area (Å²) in [4.78, 5) is 4.43. The second kappa shape index (κ2) is 3.19. The van der Waals surface area contributed by atoms with E-state index in [0.717, 1.165) is 35.3 Å². The average molecular weight is 209 g/mol. The first-order chi connectivity index (χ1) is 6.88. The minimum Gasteiger partial charge on any atom is -0.357 e. The number of anilines is 1. The van der Waals surface area contributed by atoms with E-state index >= 15 is 0 Å². The Kier molecular flexibility index (Phi) is 1.97. The van der Waals surface area contributed by atoms with E-state index in [-0.39, 0.29) is 0 Å². The monoisotopic (exact) mass is 209 g/mol. The van der Waals surface area contributed by atoms with Crippen LogP contribution in [0.5, 0.6) is 0 Å². The Bertz CT molecular complexity index is 326. The molecule has 0 radical (unpaired) electrons. The second-order valence-electron chi connectivity index (χ2n) is 4.30. The van der Waals surface area contributed by atoms with Gasteiger partial charge < -0.3 is 5.32 Å². The van der Waals surface area contributed by atoms with Crippen molar-refractivity contribution in [3.05, 3.63) is 5.82 Å². The van der Waals surface area contributed by atoms with Gasteiger partial charge in [0.1, 0.15) is 5.82 Å². The highest BCUT2D eigenvalue weighted by Crippen LogP contribution is 2.53. The maximum absolute atomic E-state index is 4.43. The zero-order chi connectivity index (χ0) is 9.54. The minimum atomic E-state index is 0.724. The Morgan fingerprint density at radius 2 is 2.21 bits per heavy atom. The Hall–Kier alpha value is -0.640. The third kappa shape index (κ3) is 1.32. The van der Waals surface area contributed by atoms with Crippen LogP contribution in [-0.2, 0) is 6.42 Å². The summed E-state index contributed by atoms with van der Waals surface area (Å²) in [5.74, 6) is 2.87. The molecule has 2 saturated carbocycles. The van der Waals surface area contributed by atoms with Crippen molar-refractivity contribution in [2.45, 2.75) is 38.6 Å². The summed E-state index contributed by atoms with van der Waals surface area (Å²) in [6.45, 7) is 2.09. The van der Waals surface area contributed by atoms with Crippen molar-refractivity contribution >= 4 is 16.7 Å². The predicted octanol–water partition coefficient (Wildman–Crippen LogP) is 2.31. The van der Waals surface area contributed by atoms with Crippen LogP contribution in [-0.4, -0.2) is 15.4 Å². The van der Waals surface area contributed by atoms with E-state index in [0.29, 0.717) is 0 Å². The van der Waals surface area contributed by atoms with E-state index in [1.807, 2.05) is 0 Å². The molecule has 3 nitrogen and oxygen atoms in total. The maximum Gasteiger partial charge on any atom is 0.202 e. The van der Waals surface area contributed by atoms with Gasteiger partial charge in [0.2, 0.25) is 5.13 Å². The smallest absolute Gasteiger partial charge is 0.202 e. The van der Waals surface area contributed by atoms with E-state index in [4.69, 9.17) is 0 Å². The Balaban J connectivity index is 1.62. The molecule has 3 rings (SSSR count). The van der Waals surface area contributed by atoms with Crippen molar-refractivity contribution in [3.8, 4) is 0 Å². The Labute approximate surface area is 88.1 Å². The van der Waals surface area contributed by atoms with Gasteiger partial charge >= 0.3 is 0 Å². The standard InChI is InChI=1S/C10H15N3S/c1-2-8-11-10(14-13-8)12-9-6-4-3-5-7(6)9/h6-7,9H,2-5H2,1H3,(H,11,12,13). The molecular weight excluding hydrogens is 194 g/mol. The highest BCUT2D eigenvalue weighted by atomic mass is 32.1. The van der Waals surface area contributed by atoms with E-state index in [1.165, 1.54) is 30.8 Å². The molecule has 0 spiro atoms. The van der Waals surface area contributed by atoms with Crippen LogP contribution in [0.4, 0.5) is 5.13 Å². The number of fused-ring (bicyclic) bond motifs is 1. The van der Waals surface area contributed by atoms with Crippen LogP contribution < -0.4 is 5.32 Å². The van der Waals surface area contributed by atoms with E-state index in [2.05, 4.69) is 21.6 Å². The molecule has 0 aliphatic heterocycles. The van der Waals surface area contributed by atoms with Crippen LogP contribution in [0, 0.1) is 11.8 Å². The molecule has 2 aliphatic carbocycles. The zero-order valence-corrected chi connectivity index (χ0v) is 9.18. The van der Waals surface area contributed by atoms with Gasteiger partial charge in [-0.25, -0.2) is 4.98 Å². The molecule has 76 valence electrons. The average Bonchev–Trinajstić information content (AvgIpc) is 2.64. The normalized spacial score (nSPS) is 34.2. The van der Waals surface area contributed by atoms with Crippen molar-refractivity contribution in [2.75, 3.05) is 5.32 Å². The van der Waals surface area contributed by atoms with Gasteiger partial charge in [-0.15, -0.1) is 0 Å². The molecule has 2 fully saturated rings. The van der Waals surface area contributed by atoms with Crippen LogP contribution in [0.1, 0.15) is 32.0 Å². The highest BCUT2D eigenvalue weighted by molar-refractivity contribution is 7.09. The van der Waals surface area contributed by atoms with Gasteiger partial charge in [-0.2, -0.15) is 4.37 Å². The first-order valence-corrected chi connectivity index (χ1v) is 6.25. The van der Waals surface area contributed by atoms with Crippen molar-refractivity contribution in [2.24, 2.45) is 11.8 Å². The third-order valence-corrected chi connectivity index (χ3v) is 4.17. The van der Waals surface area contributed by atoms with Gasteiger partial charge in [0.05, 0.1) is 0 Å². The molecule has 2 unspecified atom stereocenters. The van der Waals surface area contributed by atoms with Crippen molar-refractivity contribution in [1.82, 2.24) is 9.36 Å². The maximum atomic E-state index is 4.43. The lowest BCUT2D eigenvalue weighted by Crippen LogP contribution is -2.07. The summed E-state index contributed by atoms with van der Waals surface area (Å²) in [6.07, 6.45) is 5.21. The van der Waals surface area contributed by atoms with Gasteiger partial charge in [0.15, 0.2) is 0 Å². The molecule has 0 aromatic carbocycles. The lowest BCUT2D eigenvalue weighted by atomic mass is 10.2. The quantitative estimate of drug-likeness (QED) is 0.830. The van der Waals surface area contributed by atoms with Crippen LogP contribution in [0.3, 0.4) is 0 Å². The number of hydrogen-bond donors (Lipinski definition) is 1. The molecule has 1 aromatic heterocycles. The second-order valence-corrected chi connectivity index (χ2v) is 5.05. The lowest BCUT2D eigenvalue weighted by molar-refractivity contribution is 0.695. The summed E-state index contributed by atoms with van der Waals surface area (Å²) in [6, 6.07) is 0.724. The molecule has 1 heterocycles. The number of rotatable bonds is 3. The molecule has 1 aromatic rings. The van der Waals surface area contributed by atoms with Gasteiger partial charge in [-0.05, 0) is 24.7 Å². The topological polar surface area (TPSA) is 37.8 Å². The van der Waals surface area contributed by atoms with Gasteiger partial charge in [0, 0.05) is 24.0 Å². The first-order valence-electron chi connectivity index (χ1n) is 5.47. The summed E-state index contributed by atoms with van der Waals surface area (Å²) >= 11 is 1.51. The molecule has 1 N–H and O–H groups in total. The van der Waals surface area contributed by atoms with Crippen molar-refractivity contribution in [1.29, 1.82) is 0 Å². The molecular formula is C10H15N3S. The van der Waals surface area contributed by atoms with E-state index < -0.39 is 0 Å².